The summed E-state index contributed by atoms with van der Waals surface area (Å²) in [5, 5.41) is 1.16. The number of hydrogen-bond donors (Lipinski definition) is 0. The molecule has 1 heterocycles. The summed E-state index contributed by atoms with van der Waals surface area (Å²) in [6.07, 6.45) is 5.91. The molecule has 0 saturated heterocycles. The number of likely N-dealkylation sites (N-methyl/N-ethyl adjacent to an activating group) is 1. The van der Waals surface area contributed by atoms with Gasteiger partial charge in [0.05, 0.1) is 6.26 Å². The molecule has 3 heteroatoms. The second-order valence-electron chi connectivity index (χ2n) is 5.41. The second-order valence-corrected chi connectivity index (χ2v) is 5.41. The van der Waals surface area contributed by atoms with Gasteiger partial charge in [-0.1, -0.05) is 42.5 Å². The van der Waals surface area contributed by atoms with Crippen LogP contribution < -0.4 is 0 Å². The number of fused-ring (bicyclic) bond motifs is 1. The van der Waals surface area contributed by atoms with Crippen molar-refractivity contribution in [3.63, 3.8) is 0 Å². The summed E-state index contributed by atoms with van der Waals surface area (Å²) in [4.78, 5) is 2.21. The standard InChI is InChI=1S/C19H18FNO/c1-21(12-4-5-15-8-10-17(20)11-9-15)13-16-14-22-19-7-3-2-6-18(16)19/h2-11,14H,12-13H2,1H3/b5-4+. The van der Waals surface area contributed by atoms with Crippen LogP contribution in [0.15, 0.2) is 65.3 Å². The number of halogens is 1. The topological polar surface area (TPSA) is 16.4 Å². The Labute approximate surface area is 129 Å². The van der Waals surface area contributed by atoms with E-state index < -0.39 is 0 Å². The van der Waals surface area contributed by atoms with Gasteiger partial charge in [0.2, 0.25) is 0 Å². The Balaban J connectivity index is 1.60. The highest BCUT2D eigenvalue weighted by atomic mass is 19.1. The molecule has 0 N–H and O–H groups in total. The third-order valence-electron chi connectivity index (χ3n) is 3.60. The monoisotopic (exact) mass is 295 g/mol. The van der Waals surface area contributed by atoms with Gasteiger partial charge in [-0.05, 0) is 30.8 Å². The van der Waals surface area contributed by atoms with Gasteiger partial charge in [-0.2, -0.15) is 0 Å². The molecule has 0 saturated carbocycles. The molecule has 0 spiro atoms. The van der Waals surface area contributed by atoms with Crippen LogP contribution in [-0.4, -0.2) is 18.5 Å². The van der Waals surface area contributed by atoms with Crippen molar-refractivity contribution in [2.24, 2.45) is 0 Å². The third-order valence-corrected chi connectivity index (χ3v) is 3.60. The van der Waals surface area contributed by atoms with Gasteiger partial charge in [0.25, 0.3) is 0 Å². The first-order chi connectivity index (χ1) is 10.7. The zero-order chi connectivity index (χ0) is 15.4. The number of rotatable bonds is 5. The van der Waals surface area contributed by atoms with Crippen molar-refractivity contribution in [1.29, 1.82) is 0 Å². The van der Waals surface area contributed by atoms with E-state index in [4.69, 9.17) is 4.42 Å². The number of nitrogens with zero attached hydrogens (tertiary/aromatic N) is 1. The van der Waals surface area contributed by atoms with Crippen molar-refractivity contribution in [3.8, 4) is 0 Å². The van der Waals surface area contributed by atoms with Crippen molar-refractivity contribution < 1.29 is 8.81 Å². The van der Waals surface area contributed by atoms with Crippen LogP contribution in [0, 0.1) is 5.82 Å². The molecule has 2 aromatic carbocycles. The molecule has 112 valence electrons. The minimum Gasteiger partial charge on any atom is -0.464 e. The van der Waals surface area contributed by atoms with Gasteiger partial charge in [0.15, 0.2) is 0 Å². The number of hydrogen-bond acceptors (Lipinski definition) is 2. The van der Waals surface area contributed by atoms with E-state index in [9.17, 15) is 4.39 Å². The number of para-hydroxylation sites is 1. The van der Waals surface area contributed by atoms with Crippen molar-refractivity contribution in [2.75, 3.05) is 13.6 Å². The van der Waals surface area contributed by atoms with Crippen LogP contribution in [-0.2, 0) is 6.54 Å². The Hall–Kier alpha value is -2.39. The fourth-order valence-electron chi connectivity index (χ4n) is 2.45. The largest absolute Gasteiger partial charge is 0.464 e. The highest BCUT2D eigenvalue weighted by Crippen LogP contribution is 2.21. The SMILES string of the molecule is CN(C/C=C/c1ccc(F)cc1)Cc1coc2ccccc12. The molecule has 2 nitrogen and oxygen atoms in total. The molecular formula is C19H18FNO. The lowest BCUT2D eigenvalue weighted by molar-refractivity contribution is 0.363. The molecule has 0 aliphatic carbocycles. The van der Waals surface area contributed by atoms with E-state index in [1.54, 1.807) is 12.1 Å². The molecule has 0 aliphatic heterocycles. The summed E-state index contributed by atoms with van der Waals surface area (Å²) in [6, 6.07) is 14.6. The molecular weight excluding hydrogens is 277 g/mol. The predicted molar refractivity (Wildman–Crippen MR) is 88.0 cm³/mol. The first-order valence-electron chi connectivity index (χ1n) is 7.28. The summed E-state index contributed by atoms with van der Waals surface area (Å²) in [7, 11) is 2.07. The van der Waals surface area contributed by atoms with E-state index in [1.165, 1.54) is 17.7 Å². The maximum Gasteiger partial charge on any atom is 0.134 e. The Morgan fingerprint density at radius 2 is 1.86 bits per heavy atom. The van der Waals surface area contributed by atoms with Crippen LogP contribution in [0.1, 0.15) is 11.1 Å². The normalized spacial score (nSPS) is 11.8. The number of benzene rings is 2. The van der Waals surface area contributed by atoms with E-state index in [0.717, 1.165) is 29.6 Å². The van der Waals surface area contributed by atoms with E-state index >= 15 is 0 Å². The molecule has 0 radical (unpaired) electrons. The quantitative estimate of drug-likeness (QED) is 0.677. The van der Waals surface area contributed by atoms with E-state index in [0.29, 0.717) is 0 Å². The molecule has 0 amide bonds. The lowest BCUT2D eigenvalue weighted by atomic mass is 10.1. The molecule has 0 fully saturated rings. The van der Waals surface area contributed by atoms with Gasteiger partial charge in [-0.15, -0.1) is 0 Å². The number of furan rings is 1. The zero-order valence-electron chi connectivity index (χ0n) is 12.5. The fraction of sp³-hybridized carbons (Fsp3) is 0.158. The predicted octanol–water partition coefficient (Wildman–Crippen LogP) is 4.72. The van der Waals surface area contributed by atoms with Crippen LogP contribution >= 0.6 is 0 Å². The summed E-state index contributed by atoms with van der Waals surface area (Å²) >= 11 is 0. The van der Waals surface area contributed by atoms with Gasteiger partial charge < -0.3 is 4.42 Å². The summed E-state index contributed by atoms with van der Waals surface area (Å²) in [5.41, 5.74) is 3.12. The van der Waals surface area contributed by atoms with Gasteiger partial charge >= 0.3 is 0 Å². The fourth-order valence-corrected chi connectivity index (χ4v) is 2.45. The average Bonchev–Trinajstić information content (AvgIpc) is 2.93. The molecule has 22 heavy (non-hydrogen) atoms. The lowest BCUT2D eigenvalue weighted by Gasteiger charge is -2.13. The molecule has 1 aromatic heterocycles. The van der Waals surface area contributed by atoms with Crippen LogP contribution in [0.4, 0.5) is 4.39 Å². The Morgan fingerprint density at radius 3 is 2.68 bits per heavy atom. The van der Waals surface area contributed by atoms with Crippen molar-refractivity contribution in [3.05, 3.63) is 77.8 Å². The van der Waals surface area contributed by atoms with Crippen LogP contribution in [0.5, 0.6) is 0 Å². The molecule has 3 rings (SSSR count). The first-order valence-corrected chi connectivity index (χ1v) is 7.28. The smallest absolute Gasteiger partial charge is 0.134 e. The molecule has 3 aromatic rings. The Morgan fingerprint density at radius 1 is 1.09 bits per heavy atom. The van der Waals surface area contributed by atoms with Gasteiger partial charge in [0, 0.05) is 24.0 Å². The van der Waals surface area contributed by atoms with Crippen LogP contribution in [0.2, 0.25) is 0 Å². The zero-order valence-corrected chi connectivity index (χ0v) is 12.5. The van der Waals surface area contributed by atoms with Crippen molar-refractivity contribution in [2.45, 2.75) is 6.54 Å². The van der Waals surface area contributed by atoms with Gasteiger partial charge in [-0.25, -0.2) is 4.39 Å². The maximum absolute atomic E-state index is 12.8. The van der Waals surface area contributed by atoms with E-state index in [-0.39, 0.29) is 5.82 Å². The first kappa shape index (κ1) is 14.5. The minimum atomic E-state index is -0.207. The summed E-state index contributed by atoms with van der Waals surface area (Å²) in [6.45, 7) is 1.64. The molecule has 0 unspecified atom stereocenters. The van der Waals surface area contributed by atoms with Crippen molar-refractivity contribution in [1.82, 2.24) is 4.90 Å². The average molecular weight is 295 g/mol. The summed E-state index contributed by atoms with van der Waals surface area (Å²) in [5.74, 6) is -0.207. The van der Waals surface area contributed by atoms with E-state index in [1.807, 2.05) is 30.5 Å². The maximum atomic E-state index is 12.8. The Kier molecular flexibility index (Phi) is 4.35. The van der Waals surface area contributed by atoms with Crippen LogP contribution in [0.3, 0.4) is 0 Å². The van der Waals surface area contributed by atoms with Crippen molar-refractivity contribution >= 4 is 17.0 Å². The van der Waals surface area contributed by atoms with Crippen LogP contribution in [0.25, 0.3) is 17.0 Å². The highest BCUT2D eigenvalue weighted by Gasteiger charge is 2.06. The minimum absolute atomic E-state index is 0.207. The summed E-state index contributed by atoms with van der Waals surface area (Å²) < 4.78 is 18.4. The second kappa shape index (κ2) is 6.58. The molecule has 0 atom stereocenters. The highest BCUT2D eigenvalue weighted by molar-refractivity contribution is 5.80. The van der Waals surface area contributed by atoms with E-state index in [2.05, 4.69) is 24.1 Å². The molecule has 0 aliphatic rings. The Bertz CT molecular complexity index is 773. The lowest BCUT2D eigenvalue weighted by Crippen LogP contribution is -2.17. The van der Waals surface area contributed by atoms with Gasteiger partial charge in [0.1, 0.15) is 11.4 Å². The molecule has 0 bridgehead atoms. The van der Waals surface area contributed by atoms with Gasteiger partial charge in [-0.3, -0.25) is 4.90 Å². The third kappa shape index (κ3) is 3.43.